The van der Waals surface area contributed by atoms with E-state index in [-0.39, 0.29) is 0 Å². The molecular weight excluding hydrogens is 312 g/mol. The van der Waals surface area contributed by atoms with Gasteiger partial charge in [0.2, 0.25) is 5.95 Å². The summed E-state index contributed by atoms with van der Waals surface area (Å²) in [5.41, 5.74) is 5.28. The zero-order valence-corrected chi connectivity index (χ0v) is 14.9. The fraction of sp³-hybridized carbons (Fsp3) is 0.200. The van der Waals surface area contributed by atoms with E-state index >= 15 is 0 Å². The van der Waals surface area contributed by atoms with Gasteiger partial charge >= 0.3 is 0 Å². The van der Waals surface area contributed by atoms with Crippen LogP contribution in [-0.4, -0.2) is 17.1 Å². The van der Waals surface area contributed by atoms with Crippen LogP contribution >= 0.6 is 0 Å². The van der Waals surface area contributed by atoms with Crippen LogP contribution in [0.15, 0.2) is 48.5 Å². The van der Waals surface area contributed by atoms with E-state index in [0.717, 1.165) is 28.6 Å². The minimum absolute atomic E-state index is 0.541. The summed E-state index contributed by atoms with van der Waals surface area (Å²) in [4.78, 5) is 9.01. The maximum absolute atomic E-state index is 5.25. The Balaban J connectivity index is 1.83. The van der Waals surface area contributed by atoms with Crippen molar-refractivity contribution >= 4 is 23.1 Å². The average molecular weight is 334 g/mol. The van der Waals surface area contributed by atoms with Crippen LogP contribution in [0.1, 0.15) is 16.8 Å². The van der Waals surface area contributed by atoms with Gasteiger partial charge in [-0.1, -0.05) is 12.1 Å². The first-order valence-electron chi connectivity index (χ1n) is 8.14. The molecule has 2 aromatic carbocycles. The Morgan fingerprint density at radius 3 is 2.36 bits per heavy atom. The van der Waals surface area contributed by atoms with Crippen molar-refractivity contribution in [3.05, 3.63) is 65.4 Å². The molecular formula is C20H22N4O. The van der Waals surface area contributed by atoms with Gasteiger partial charge in [0.25, 0.3) is 0 Å². The number of nitrogens with zero attached hydrogens (tertiary/aromatic N) is 2. The highest BCUT2D eigenvalue weighted by Crippen LogP contribution is 2.22. The van der Waals surface area contributed by atoms with Crippen LogP contribution in [0.2, 0.25) is 0 Å². The molecule has 0 aliphatic carbocycles. The van der Waals surface area contributed by atoms with Crippen molar-refractivity contribution in [1.29, 1.82) is 0 Å². The average Bonchev–Trinajstić information content (AvgIpc) is 2.58. The molecule has 0 saturated carbocycles. The minimum atomic E-state index is 0.541. The molecule has 5 heteroatoms. The molecule has 1 heterocycles. The van der Waals surface area contributed by atoms with E-state index in [9.17, 15) is 0 Å². The first-order chi connectivity index (χ1) is 12.0. The summed E-state index contributed by atoms with van der Waals surface area (Å²) >= 11 is 0. The summed E-state index contributed by atoms with van der Waals surface area (Å²) in [6.45, 7) is 6.15. The van der Waals surface area contributed by atoms with Crippen LogP contribution < -0.4 is 15.4 Å². The van der Waals surface area contributed by atoms with E-state index in [4.69, 9.17) is 4.74 Å². The second kappa shape index (κ2) is 7.21. The molecule has 0 unspecified atom stereocenters. The highest BCUT2D eigenvalue weighted by atomic mass is 16.5. The number of hydrogen-bond acceptors (Lipinski definition) is 5. The molecule has 0 aliphatic heterocycles. The Labute approximate surface area is 148 Å². The van der Waals surface area contributed by atoms with Crippen LogP contribution in [0.25, 0.3) is 0 Å². The van der Waals surface area contributed by atoms with E-state index in [1.165, 1.54) is 11.1 Å². The summed E-state index contributed by atoms with van der Waals surface area (Å²) in [7, 11) is 1.65. The molecule has 5 nitrogen and oxygen atoms in total. The minimum Gasteiger partial charge on any atom is -0.497 e. The Bertz CT molecular complexity index is 893. The van der Waals surface area contributed by atoms with Gasteiger partial charge in [0.05, 0.1) is 7.11 Å². The number of aryl methyl sites for hydroxylation is 3. The Kier molecular flexibility index (Phi) is 4.84. The molecule has 3 rings (SSSR count). The predicted octanol–water partition coefficient (Wildman–Crippen LogP) is 4.90. The molecule has 128 valence electrons. The van der Waals surface area contributed by atoms with Gasteiger partial charge < -0.3 is 15.4 Å². The molecule has 0 amide bonds. The van der Waals surface area contributed by atoms with Gasteiger partial charge in [0, 0.05) is 29.2 Å². The van der Waals surface area contributed by atoms with Crippen molar-refractivity contribution in [1.82, 2.24) is 9.97 Å². The number of anilines is 4. The van der Waals surface area contributed by atoms with Crippen LogP contribution in [0.5, 0.6) is 5.75 Å². The van der Waals surface area contributed by atoms with Crippen LogP contribution in [0.4, 0.5) is 23.1 Å². The summed E-state index contributed by atoms with van der Waals surface area (Å²) in [5, 5.41) is 6.57. The number of methoxy groups -OCH3 is 1. The Morgan fingerprint density at radius 1 is 0.800 bits per heavy atom. The van der Waals surface area contributed by atoms with Crippen molar-refractivity contribution in [3.8, 4) is 5.75 Å². The predicted molar refractivity (Wildman–Crippen MR) is 102 cm³/mol. The molecule has 0 aliphatic rings. The molecule has 25 heavy (non-hydrogen) atoms. The van der Waals surface area contributed by atoms with Gasteiger partial charge in [-0.2, -0.15) is 4.98 Å². The third-order valence-corrected chi connectivity index (χ3v) is 3.96. The smallest absolute Gasteiger partial charge is 0.229 e. The van der Waals surface area contributed by atoms with E-state index in [1.807, 2.05) is 37.3 Å². The normalized spacial score (nSPS) is 10.4. The number of hydrogen-bond donors (Lipinski definition) is 2. The van der Waals surface area contributed by atoms with E-state index in [0.29, 0.717) is 5.95 Å². The van der Waals surface area contributed by atoms with Gasteiger partial charge in [-0.3, -0.25) is 0 Å². The number of ether oxygens (including phenoxy) is 1. The van der Waals surface area contributed by atoms with Gasteiger partial charge in [0.1, 0.15) is 11.6 Å². The largest absolute Gasteiger partial charge is 0.497 e. The lowest BCUT2D eigenvalue weighted by molar-refractivity contribution is 0.415. The third kappa shape index (κ3) is 4.26. The highest BCUT2D eigenvalue weighted by Gasteiger charge is 2.05. The maximum Gasteiger partial charge on any atom is 0.229 e. The van der Waals surface area contributed by atoms with Crippen LogP contribution in [-0.2, 0) is 0 Å². The zero-order chi connectivity index (χ0) is 17.8. The van der Waals surface area contributed by atoms with Crippen molar-refractivity contribution in [3.63, 3.8) is 0 Å². The fourth-order valence-electron chi connectivity index (χ4n) is 2.49. The number of nitrogens with one attached hydrogen (secondary N) is 2. The molecule has 0 bridgehead atoms. The number of aromatic nitrogens is 2. The first-order valence-corrected chi connectivity index (χ1v) is 8.14. The van der Waals surface area contributed by atoms with Crippen molar-refractivity contribution in [2.24, 2.45) is 0 Å². The summed E-state index contributed by atoms with van der Waals surface area (Å²) in [6.07, 6.45) is 0. The van der Waals surface area contributed by atoms with Gasteiger partial charge in [-0.15, -0.1) is 0 Å². The lowest BCUT2D eigenvalue weighted by Gasteiger charge is -2.11. The maximum atomic E-state index is 5.25. The second-order valence-corrected chi connectivity index (χ2v) is 6.00. The van der Waals surface area contributed by atoms with E-state index in [2.05, 4.69) is 52.6 Å². The summed E-state index contributed by atoms with van der Waals surface area (Å²) in [5.74, 6) is 2.08. The second-order valence-electron chi connectivity index (χ2n) is 6.00. The summed E-state index contributed by atoms with van der Waals surface area (Å²) < 4.78 is 5.25. The standard InChI is InChI=1S/C20H22N4O/c1-13-8-9-17(10-14(13)2)22-19-11-15(3)21-20(24-19)23-16-6-5-7-18(12-16)25-4/h5-12H,1-4H3,(H2,21,22,23,24). The molecule has 0 spiro atoms. The molecule has 0 radical (unpaired) electrons. The Morgan fingerprint density at radius 2 is 1.60 bits per heavy atom. The lowest BCUT2D eigenvalue weighted by Crippen LogP contribution is -2.02. The third-order valence-electron chi connectivity index (χ3n) is 3.96. The zero-order valence-electron chi connectivity index (χ0n) is 14.9. The van der Waals surface area contributed by atoms with Crippen LogP contribution in [0, 0.1) is 20.8 Å². The number of benzene rings is 2. The van der Waals surface area contributed by atoms with Crippen LogP contribution in [0.3, 0.4) is 0 Å². The van der Waals surface area contributed by atoms with Crippen molar-refractivity contribution in [2.75, 3.05) is 17.7 Å². The van der Waals surface area contributed by atoms with E-state index < -0.39 is 0 Å². The van der Waals surface area contributed by atoms with Crippen molar-refractivity contribution < 1.29 is 4.74 Å². The molecule has 3 aromatic rings. The topological polar surface area (TPSA) is 59.1 Å². The molecule has 0 fully saturated rings. The quantitative estimate of drug-likeness (QED) is 0.695. The molecule has 0 atom stereocenters. The molecule has 2 N–H and O–H groups in total. The molecule has 0 saturated heterocycles. The Hall–Kier alpha value is -3.08. The lowest BCUT2D eigenvalue weighted by atomic mass is 10.1. The van der Waals surface area contributed by atoms with Gasteiger partial charge in [-0.05, 0) is 56.2 Å². The first kappa shape index (κ1) is 16.8. The molecule has 1 aromatic heterocycles. The SMILES string of the molecule is COc1cccc(Nc2nc(C)cc(Nc3ccc(C)c(C)c3)n2)c1. The van der Waals surface area contributed by atoms with Crippen molar-refractivity contribution in [2.45, 2.75) is 20.8 Å². The number of rotatable bonds is 5. The monoisotopic (exact) mass is 334 g/mol. The summed E-state index contributed by atoms with van der Waals surface area (Å²) in [6, 6.07) is 15.9. The van der Waals surface area contributed by atoms with Gasteiger partial charge in [-0.25, -0.2) is 4.98 Å². The highest BCUT2D eigenvalue weighted by molar-refractivity contribution is 5.61. The fourth-order valence-corrected chi connectivity index (χ4v) is 2.49. The van der Waals surface area contributed by atoms with Gasteiger partial charge in [0.15, 0.2) is 0 Å². The van der Waals surface area contributed by atoms with E-state index in [1.54, 1.807) is 7.11 Å².